The maximum absolute atomic E-state index is 11.3. The third kappa shape index (κ3) is 3.22. The van der Waals surface area contributed by atoms with Crippen LogP contribution in [0, 0.1) is 0 Å². The molecule has 2 atom stereocenters. The number of aliphatic hydroxyl groups is 1. The Morgan fingerprint density at radius 2 is 1.94 bits per heavy atom. The van der Waals surface area contributed by atoms with Gasteiger partial charge in [0.15, 0.2) is 9.84 Å². The van der Waals surface area contributed by atoms with Gasteiger partial charge in [-0.25, -0.2) is 8.42 Å². The molecule has 1 aromatic rings. The van der Waals surface area contributed by atoms with Gasteiger partial charge in [0.05, 0.1) is 11.0 Å². The lowest BCUT2D eigenvalue weighted by molar-refractivity contribution is 0.201. The molecular formula is C11H15NO3S2. The third-order valence-corrected chi connectivity index (χ3v) is 5.12. The fraction of sp³-hybridized carbons (Fsp3) is 0.455. The van der Waals surface area contributed by atoms with Crippen molar-refractivity contribution < 1.29 is 13.5 Å². The Labute approximate surface area is 105 Å². The number of rotatable bonds is 3. The molecule has 94 valence electrons. The molecule has 17 heavy (non-hydrogen) atoms. The Kier molecular flexibility index (Phi) is 3.77. The molecule has 1 aliphatic heterocycles. The average molecular weight is 273 g/mol. The Morgan fingerprint density at radius 1 is 1.29 bits per heavy atom. The van der Waals surface area contributed by atoms with E-state index in [1.807, 2.05) is 0 Å². The fourth-order valence-electron chi connectivity index (χ4n) is 1.70. The zero-order valence-corrected chi connectivity index (χ0v) is 11.1. The predicted molar refractivity (Wildman–Crippen MR) is 68.1 cm³/mol. The van der Waals surface area contributed by atoms with Gasteiger partial charge in [-0.3, -0.25) is 0 Å². The molecule has 1 aliphatic rings. The van der Waals surface area contributed by atoms with Crippen molar-refractivity contribution in [2.45, 2.75) is 21.1 Å². The first-order chi connectivity index (χ1) is 7.97. The van der Waals surface area contributed by atoms with Crippen molar-refractivity contribution in [2.75, 3.05) is 19.3 Å². The van der Waals surface area contributed by atoms with Crippen molar-refractivity contribution in [1.29, 1.82) is 0 Å². The van der Waals surface area contributed by atoms with Crippen LogP contribution in [0.3, 0.4) is 0 Å². The number of sulfone groups is 1. The van der Waals surface area contributed by atoms with Crippen LogP contribution in [0.4, 0.5) is 0 Å². The zero-order valence-electron chi connectivity index (χ0n) is 9.46. The number of β-amino-alcohol motifs (C(OH)–C–C–N with tert-alkyl or cyclic N) is 1. The Morgan fingerprint density at radius 3 is 2.41 bits per heavy atom. The van der Waals surface area contributed by atoms with Crippen molar-refractivity contribution in [3.63, 3.8) is 0 Å². The number of thioether (sulfide) groups is 1. The molecule has 0 bridgehead atoms. The first-order valence-corrected chi connectivity index (χ1v) is 8.09. The Balaban J connectivity index is 2.08. The van der Waals surface area contributed by atoms with E-state index in [1.165, 1.54) is 6.26 Å². The van der Waals surface area contributed by atoms with E-state index >= 15 is 0 Å². The summed E-state index contributed by atoms with van der Waals surface area (Å²) in [5.41, 5.74) is 0. The fourth-order valence-corrected chi connectivity index (χ4v) is 3.43. The third-order valence-electron chi connectivity index (χ3n) is 2.67. The van der Waals surface area contributed by atoms with Gasteiger partial charge in [-0.2, -0.15) is 0 Å². The standard InChI is InChI=1S/C11H15NO3S2/c1-17(14,15)9-4-2-8(3-5-9)16-11-7-12-6-10(11)13/h2-5,10-13H,6-7H2,1H3. The molecule has 0 saturated carbocycles. The first-order valence-electron chi connectivity index (χ1n) is 5.32. The smallest absolute Gasteiger partial charge is 0.175 e. The molecule has 2 N–H and O–H groups in total. The van der Waals surface area contributed by atoms with Gasteiger partial charge in [-0.15, -0.1) is 11.8 Å². The van der Waals surface area contributed by atoms with Crippen LogP contribution in [-0.4, -0.2) is 44.2 Å². The van der Waals surface area contributed by atoms with E-state index in [9.17, 15) is 13.5 Å². The van der Waals surface area contributed by atoms with E-state index in [0.29, 0.717) is 11.4 Å². The molecule has 0 spiro atoms. The van der Waals surface area contributed by atoms with Crippen molar-refractivity contribution >= 4 is 21.6 Å². The number of hydrogen-bond acceptors (Lipinski definition) is 5. The van der Waals surface area contributed by atoms with Gasteiger partial charge in [0.2, 0.25) is 0 Å². The number of aliphatic hydroxyl groups excluding tert-OH is 1. The Bertz CT molecular complexity index is 484. The minimum Gasteiger partial charge on any atom is -0.391 e. The lowest BCUT2D eigenvalue weighted by atomic mass is 10.3. The summed E-state index contributed by atoms with van der Waals surface area (Å²) in [7, 11) is -3.13. The molecule has 0 radical (unpaired) electrons. The summed E-state index contributed by atoms with van der Waals surface area (Å²) in [6.07, 6.45) is 0.856. The van der Waals surface area contributed by atoms with Crippen molar-refractivity contribution in [3.05, 3.63) is 24.3 Å². The van der Waals surface area contributed by atoms with Crippen molar-refractivity contribution in [2.24, 2.45) is 0 Å². The van der Waals surface area contributed by atoms with Gasteiger partial charge in [0, 0.05) is 29.5 Å². The summed E-state index contributed by atoms with van der Waals surface area (Å²) in [6, 6.07) is 6.77. The minimum absolute atomic E-state index is 0.138. The molecule has 6 heteroatoms. The van der Waals surface area contributed by atoms with Crippen LogP contribution in [-0.2, 0) is 9.84 Å². The average Bonchev–Trinajstić information content (AvgIpc) is 2.64. The van der Waals surface area contributed by atoms with Crippen LogP contribution < -0.4 is 5.32 Å². The van der Waals surface area contributed by atoms with Crippen LogP contribution in [0.1, 0.15) is 0 Å². The molecule has 0 amide bonds. The highest BCUT2D eigenvalue weighted by Gasteiger charge is 2.25. The molecule has 1 aromatic carbocycles. The maximum Gasteiger partial charge on any atom is 0.175 e. The van der Waals surface area contributed by atoms with Gasteiger partial charge < -0.3 is 10.4 Å². The topological polar surface area (TPSA) is 66.4 Å². The van der Waals surface area contributed by atoms with Gasteiger partial charge in [-0.05, 0) is 24.3 Å². The lowest BCUT2D eigenvalue weighted by Gasteiger charge is -2.12. The molecule has 0 aliphatic carbocycles. The van der Waals surface area contributed by atoms with Gasteiger partial charge >= 0.3 is 0 Å². The highest BCUT2D eigenvalue weighted by atomic mass is 32.2. The van der Waals surface area contributed by atoms with E-state index in [4.69, 9.17) is 0 Å². The van der Waals surface area contributed by atoms with E-state index in [-0.39, 0.29) is 11.4 Å². The molecule has 2 rings (SSSR count). The lowest BCUT2D eigenvalue weighted by Crippen LogP contribution is -2.19. The van der Waals surface area contributed by atoms with Gasteiger partial charge in [0.1, 0.15) is 0 Å². The van der Waals surface area contributed by atoms with E-state index in [1.54, 1.807) is 36.0 Å². The summed E-state index contributed by atoms with van der Waals surface area (Å²) in [6.45, 7) is 1.40. The highest BCUT2D eigenvalue weighted by molar-refractivity contribution is 8.00. The largest absolute Gasteiger partial charge is 0.391 e. The molecular weight excluding hydrogens is 258 g/mol. The molecule has 1 heterocycles. The summed E-state index contributed by atoms with van der Waals surface area (Å²) in [5.74, 6) is 0. The molecule has 1 fully saturated rings. The van der Waals surface area contributed by atoms with E-state index < -0.39 is 9.84 Å². The van der Waals surface area contributed by atoms with Crippen LogP contribution in [0.2, 0.25) is 0 Å². The SMILES string of the molecule is CS(=O)(=O)c1ccc(SC2CNCC2O)cc1. The number of benzene rings is 1. The molecule has 2 unspecified atom stereocenters. The van der Waals surface area contributed by atoms with Crippen molar-refractivity contribution in [1.82, 2.24) is 5.32 Å². The highest BCUT2D eigenvalue weighted by Crippen LogP contribution is 2.27. The number of hydrogen-bond donors (Lipinski definition) is 2. The Hall–Kier alpha value is -0.560. The minimum atomic E-state index is -3.13. The van der Waals surface area contributed by atoms with Crippen molar-refractivity contribution in [3.8, 4) is 0 Å². The summed E-state index contributed by atoms with van der Waals surface area (Å²) in [5, 5.41) is 12.9. The van der Waals surface area contributed by atoms with Gasteiger partial charge in [0.25, 0.3) is 0 Å². The summed E-state index contributed by atoms with van der Waals surface area (Å²) >= 11 is 1.57. The summed E-state index contributed by atoms with van der Waals surface area (Å²) in [4.78, 5) is 1.30. The second-order valence-corrected chi connectivity index (χ2v) is 7.45. The van der Waals surface area contributed by atoms with Crippen LogP contribution >= 0.6 is 11.8 Å². The maximum atomic E-state index is 11.3. The molecule has 4 nitrogen and oxygen atoms in total. The van der Waals surface area contributed by atoms with E-state index in [2.05, 4.69) is 5.32 Å². The zero-order chi connectivity index (χ0) is 12.5. The first kappa shape index (κ1) is 12.9. The van der Waals surface area contributed by atoms with Gasteiger partial charge in [-0.1, -0.05) is 0 Å². The molecule has 0 aromatic heterocycles. The number of nitrogens with one attached hydrogen (secondary N) is 1. The van der Waals surface area contributed by atoms with Crippen LogP contribution in [0.15, 0.2) is 34.1 Å². The quantitative estimate of drug-likeness (QED) is 0.840. The van der Waals surface area contributed by atoms with Crippen LogP contribution in [0.25, 0.3) is 0 Å². The molecule has 1 saturated heterocycles. The van der Waals surface area contributed by atoms with Crippen LogP contribution in [0.5, 0.6) is 0 Å². The summed E-state index contributed by atoms with van der Waals surface area (Å²) < 4.78 is 22.6. The predicted octanol–water partition coefficient (Wildman–Crippen LogP) is 0.515. The second-order valence-electron chi connectivity index (χ2n) is 4.13. The second kappa shape index (κ2) is 4.97. The van der Waals surface area contributed by atoms with E-state index in [0.717, 1.165) is 11.4 Å². The monoisotopic (exact) mass is 273 g/mol. The normalized spacial score (nSPS) is 25.1.